The molecule has 1 saturated carbocycles. The molecule has 0 spiro atoms. The van der Waals surface area contributed by atoms with E-state index >= 15 is 0 Å². The van der Waals surface area contributed by atoms with Crippen LogP contribution in [-0.2, 0) is 16.0 Å². The van der Waals surface area contributed by atoms with Crippen LogP contribution in [0.1, 0.15) is 65.7 Å². The summed E-state index contributed by atoms with van der Waals surface area (Å²) in [5.41, 5.74) is 7.74. The van der Waals surface area contributed by atoms with Gasteiger partial charge in [-0.2, -0.15) is 0 Å². The molecular weight excluding hydrogens is 440 g/mol. The number of hydrogen-bond donors (Lipinski definition) is 2. The predicted molar refractivity (Wildman–Crippen MR) is 135 cm³/mol. The van der Waals surface area contributed by atoms with Crippen LogP contribution in [0.2, 0.25) is 0 Å². The molecule has 5 rings (SSSR count). The third kappa shape index (κ3) is 4.45. The third-order valence-electron chi connectivity index (χ3n) is 7.64. The monoisotopic (exact) mass is 472 g/mol. The second-order valence-corrected chi connectivity index (χ2v) is 9.77. The summed E-state index contributed by atoms with van der Waals surface area (Å²) in [5.74, 6) is -1.13. The molecule has 1 unspecified atom stereocenters. The molecule has 1 fully saturated rings. The molecule has 0 aliphatic heterocycles. The van der Waals surface area contributed by atoms with Crippen LogP contribution in [0, 0.1) is 13.8 Å². The fourth-order valence-electron chi connectivity index (χ4n) is 5.98. The number of carbonyl (C=O) groups excluding carboxylic acids is 1. The van der Waals surface area contributed by atoms with Crippen LogP contribution in [0.15, 0.2) is 54.6 Å². The van der Waals surface area contributed by atoms with Crippen LogP contribution < -0.4 is 5.32 Å². The van der Waals surface area contributed by atoms with Crippen LogP contribution in [0.25, 0.3) is 11.1 Å². The first-order valence-electron chi connectivity index (χ1n) is 12.5. The van der Waals surface area contributed by atoms with E-state index < -0.39 is 18.1 Å². The number of carbonyl (C=O) groups is 2. The quantitative estimate of drug-likeness (QED) is 0.459. The van der Waals surface area contributed by atoms with Crippen molar-refractivity contribution in [1.82, 2.24) is 9.88 Å². The Kier molecular flexibility index (Phi) is 6.37. The minimum atomic E-state index is -1.07. The normalized spacial score (nSPS) is 16.1. The molecule has 0 saturated heterocycles. The number of ether oxygens (including phenoxy) is 1. The van der Waals surface area contributed by atoms with E-state index in [4.69, 9.17) is 4.74 Å². The fraction of sp³-hybridized carbons (Fsp3) is 0.379. The molecule has 2 aliphatic rings. The summed E-state index contributed by atoms with van der Waals surface area (Å²) < 4.78 is 7.92. The Balaban J connectivity index is 1.26. The van der Waals surface area contributed by atoms with Gasteiger partial charge in [-0.15, -0.1) is 0 Å². The standard InChI is InChI=1S/C29H32N2O4/c1-18-15-20(19(2)31(18)21-9-3-4-10-21)16-27(28(32)33)30-29(34)35-17-26-24-13-7-5-11-22(24)23-12-6-8-14-25(23)26/h5-8,11-15,21,26-27H,3-4,9-10,16-17H2,1-2H3,(H,30,34)(H,32,33). The molecule has 0 radical (unpaired) electrons. The molecule has 0 bridgehead atoms. The topological polar surface area (TPSA) is 80.6 Å². The Bertz CT molecular complexity index is 1210. The van der Waals surface area contributed by atoms with Gasteiger partial charge in [0.1, 0.15) is 12.6 Å². The lowest BCUT2D eigenvalue weighted by atomic mass is 9.98. The summed E-state index contributed by atoms with van der Waals surface area (Å²) in [5, 5.41) is 12.4. The number of hydrogen-bond acceptors (Lipinski definition) is 3. The zero-order valence-corrected chi connectivity index (χ0v) is 20.3. The zero-order valence-electron chi connectivity index (χ0n) is 20.3. The first kappa shape index (κ1) is 23.2. The van der Waals surface area contributed by atoms with Crippen molar-refractivity contribution in [1.29, 1.82) is 0 Å². The molecule has 2 aliphatic carbocycles. The van der Waals surface area contributed by atoms with Gasteiger partial charge in [0.15, 0.2) is 0 Å². The molecule has 3 aromatic rings. The lowest BCUT2D eigenvalue weighted by Crippen LogP contribution is -2.43. The number of aliphatic carboxylic acids is 1. The third-order valence-corrected chi connectivity index (χ3v) is 7.64. The van der Waals surface area contributed by atoms with Gasteiger partial charge in [0.25, 0.3) is 0 Å². The Morgan fingerprint density at radius 2 is 1.63 bits per heavy atom. The van der Waals surface area contributed by atoms with E-state index in [0.29, 0.717) is 6.04 Å². The summed E-state index contributed by atoms with van der Waals surface area (Å²) in [6.07, 6.45) is 4.32. The lowest BCUT2D eigenvalue weighted by Gasteiger charge is -2.19. The largest absolute Gasteiger partial charge is 0.480 e. The van der Waals surface area contributed by atoms with Crippen molar-refractivity contribution in [3.05, 3.63) is 82.7 Å². The van der Waals surface area contributed by atoms with Gasteiger partial charge in [-0.25, -0.2) is 9.59 Å². The average Bonchev–Trinajstić information content (AvgIpc) is 3.54. The minimum Gasteiger partial charge on any atom is -0.480 e. The van der Waals surface area contributed by atoms with Crippen molar-refractivity contribution < 1.29 is 19.4 Å². The van der Waals surface area contributed by atoms with E-state index in [9.17, 15) is 14.7 Å². The maximum atomic E-state index is 12.7. The van der Waals surface area contributed by atoms with E-state index in [1.165, 1.54) is 12.8 Å². The predicted octanol–water partition coefficient (Wildman–Crippen LogP) is 5.75. The Labute approximate surface area is 205 Å². The molecule has 6 heteroatoms. The molecular formula is C29H32N2O4. The Morgan fingerprint density at radius 3 is 2.23 bits per heavy atom. The second kappa shape index (κ2) is 9.61. The van der Waals surface area contributed by atoms with E-state index in [2.05, 4.69) is 47.1 Å². The summed E-state index contributed by atoms with van der Waals surface area (Å²) in [6.45, 7) is 4.28. The van der Waals surface area contributed by atoms with Gasteiger partial charge in [0, 0.05) is 29.8 Å². The number of benzene rings is 2. The number of carboxylic acids is 1. The molecule has 1 heterocycles. The number of rotatable bonds is 7. The number of nitrogens with zero attached hydrogens (tertiary/aromatic N) is 1. The van der Waals surface area contributed by atoms with E-state index in [1.807, 2.05) is 31.2 Å². The van der Waals surface area contributed by atoms with E-state index in [-0.39, 0.29) is 18.9 Å². The number of aromatic nitrogens is 1. The van der Waals surface area contributed by atoms with Gasteiger partial charge in [-0.05, 0) is 60.6 Å². The number of carboxylic acid groups (broad SMARTS) is 1. The molecule has 2 N–H and O–H groups in total. The van der Waals surface area contributed by atoms with Crippen molar-refractivity contribution in [3.8, 4) is 11.1 Å². The number of aryl methyl sites for hydroxylation is 1. The van der Waals surface area contributed by atoms with Crippen LogP contribution in [0.5, 0.6) is 0 Å². The lowest BCUT2D eigenvalue weighted by molar-refractivity contribution is -0.139. The highest BCUT2D eigenvalue weighted by Gasteiger charge is 2.30. The number of fused-ring (bicyclic) bond motifs is 3. The SMILES string of the molecule is Cc1cc(CC(NC(=O)OCC2c3ccccc3-c3ccccc32)C(=O)O)c(C)n1C1CCCC1. The number of nitrogens with one attached hydrogen (secondary N) is 1. The van der Waals surface area contributed by atoms with Crippen LogP contribution in [0.3, 0.4) is 0 Å². The van der Waals surface area contributed by atoms with Gasteiger partial charge >= 0.3 is 12.1 Å². The highest BCUT2D eigenvalue weighted by molar-refractivity contribution is 5.81. The molecule has 1 aromatic heterocycles. The Hall–Kier alpha value is -3.54. The molecule has 2 aromatic carbocycles. The maximum Gasteiger partial charge on any atom is 0.407 e. The molecule has 6 nitrogen and oxygen atoms in total. The second-order valence-electron chi connectivity index (χ2n) is 9.77. The van der Waals surface area contributed by atoms with Crippen molar-refractivity contribution in [2.75, 3.05) is 6.61 Å². The van der Waals surface area contributed by atoms with Gasteiger partial charge < -0.3 is 19.7 Å². The number of alkyl carbamates (subject to hydrolysis) is 1. The van der Waals surface area contributed by atoms with Crippen molar-refractivity contribution in [2.24, 2.45) is 0 Å². The van der Waals surface area contributed by atoms with Gasteiger partial charge in [-0.3, -0.25) is 0 Å². The maximum absolute atomic E-state index is 12.7. The van der Waals surface area contributed by atoms with E-state index in [1.54, 1.807) is 0 Å². The highest BCUT2D eigenvalue weighted by atomic mass is 16.5. The summed E-state index contributed by atoms with van der Waals surface area (Å²) in [6, 6.07) is 17.8. The van der Waals surface area contributed by atoms with Crippen molar-refractivity contribution >= 4 is 12.1 Å². The Morgan fingerprint density at radius 1 is 1.03 bits per heavy atom. The molecule has 182 valence electrons. The van der Waals surface area contributed by atoms with Crippen LogP contribution in [-0.4, -0.2) is 34.4 Å². The molecule has 1 amide bonds. The van der Waals surface area contributed by atoms with Gasteiger partial charge in [0.05, 0.1) is 0 Å². The average molecular weight is 473 g/mol. The van der Waals surface area contributed by atoms with Crippen molar-refractivity contribution in [3.63, 3.8) is 0 Å². The first-order chi connectivity index (χ1) is 16.9. The van der Waals surface area contributed by atoms with Crippen molar-refractivity contribution in [2.45, 2.75) is 64.0 Å². The van der Waals surface area contributed by atoms with Gasteiger partial charge in [0.2, 0.25) is 0 Å². The zero-order chi connectivity index (χ0) is 24.5. The van der Waals surface area contributed by atoms with E-state index in [0.717, 1.165) is 52.0 Å². The summed E-state index contributed by atoms with van der Waals surface area (Å²) in [4.78, 5) is 24.7. The summed E-state index contributed by atoms with van der Waals surface area (Å²) in [7, 11) is 0. The molecule has 1 atom stereocenters. The number of amides is 1. The molecule has 35 heavy (non-hydrogen) atoms. The minimum absolute atomic E-state index is 0.0678. The van der Waals surface area contributed by atoms with Crippen LogP contribution >= 0.6 is 0 Å². The smallest absolute Gasteiger partial charge is 0.407 e. The van der Waals surface area contributed by atoms with Gasteiger partial charge in [-0.1, -0.05) is 61.4 Å². The summed E-state index contributed by atoms with van der Waals surface area (Å²) >= 11 is 0. The van der Waals surface area contributed by atoms with Crippen LogP contribution in [0.4, 0.5) is 4.79 Å². The fourth-order valence-corrected chi connectivity index (χ4v) is 5.98. The first-order valence-corrected chi connectivity index (χ1v) is 12.5. The highest BCUT2D eigenvalue weighted by Crippen LogP contribution is 2.44.